The van der Waals surface area contributed by atoms with Gasteiger partial charge in [0.2, 0.25) is 5.91 Å². The van der Waals surface area contributed by atoms with E-state index in [1.807, 2.05) is 0 Å². The van der Waals surface area contributed by atoms with Crippen molar-refractivity contribution in [2.45, 2.75) is 43.6 Å². The summed E-state index contributed by atoms with van der Waals surface area (Å²) < 4.78 is 25.3. The Hall–Kier alpha value is -3.90. The maximum atomic E-state index is 13.7. The summed E-state index contributed by atoms with van der Waals surface area (Å²) in [6.45, 7) is 1.37. The van der Waals surface area contributed by atoms with E-state index in [1.165, 1.54) is 53.4 Å². The van der Waals surface area contributed by atoms with Gasteiger partial charge in [-0.2, -0.15) is 0 Å². The van der Waals surface area contributed by atoms with Crippen LogP contribution in [0.4, 0.5) is 10.1 Å². The molecule has 3 fully saturated rings. The lowest BCUT2D eigenvalue weighted by atomic mass is 9.96. The number of ether oxygens (including phenoxy) is 2. The fourth-order valence-electron chi connectivity index (χ4n) is 5.43. The van der Waals surface area contributed by atoms with Gasteiger partial charge in [-0.3, -0.25) is 29.4 Å². The van der Waals surface area contributed by atoms with Gasteiger partial charge in [-0.15, -0.1) is 0 Å². The number of benzene rings is 2. The van der Waals surface area contributed by atoms with Crippen LogP contribution in [-0.4, -0.2) is 83.2 Å². The zero-order valence-electron chi connectivity index (χ0n) is 21.2. The maximum Gasteiger partial charge on any atom is 0.270 e. The van der Waals surface area contributed by atoms with Gasteiger partial charge in [0.15, 0.2) is 0 Å². The number of rotatable bonds is 6. The van der Waals surface area contributed by atoms with Crippen LogP contribution in [0.25, 0.3) is 0 Å². The number of hydrogen-bond donors (Lipinski definition) is 1. The zero-order chi connectivity index (χ0) is 27.6. The molecule has 39 heavy (non-hydrogen) atoms. The van der Waals surface area contributed by atoms with Gasteiger partial charge in [-0.1, -0.05) is 6.07 Å². The molecule has 12 heteroatoms. The molecule has 3 aliphatic heterocycles. The minimum absolute atomic E-state index is 0.0247. The monoisotopic (exact) mass is 540 g/mol. The Labute approximate surface area is 224 Å². The van der Waals surface area contributed by atoms with E-state index in [0.717, 1.165) is 12.8 Å². The molecule has 11 nitrogen and oxygen atoms in total. The average molecular weight is 541 g/mol. The lowest BCUT2D eigenvalue weighted by Crippen LogP contribution is -2.60. The minimum atomic E-state index is -1.14. The molecule has 0 saturated carbocycles. The number of nitrogens with one attached hydrogen (secondary N) is 1. The molecule has 1 N–H and O–H groups in total. The number of nitrogens with zero attached hydrogens (tertiary/aromatic N) is 3. The predicted octanol–water partition coefficient (Wildman–Crippen LogP) is 2.50. The Kier molecular flexibility index (Phi) is 7.58. The molecule has 0 bridgehead atoms. The van der Waals surface area contributed by atoms with Crippen LogP contribution in [0.2, 0.25) is 0 Å². The topological polar surface area (TPSA) is 131 Å². The Morgan fingerprint density at radius 1 is 1.08 bits per heavy atom. The summed E-state index contributed by atoms with van der Waals surface area (Å²) in [6.07, 6.45) is 2.16. The van der Waals surface area contributed by atoms with Gasteiger partial charge < -0.3 is 19.7 Å². The Morgan fingerprint density at radius 2 is 1.82 bits per heavy atom. The van der Waals surface area contributed by atoms with Crippen LogP contribution in [0.1, 0.15) is 46.4 Å². The predicted molar refractivity (Wildman–Crippen MR) is 135 cm³/mol. The first-order valence-electron chi connectivity index (χ1n) is 12.9. The highest BCUT2D eigenvalue weighted by molar-refractivity contribution is 5.98. The summed E-state index contributed by atoms with van der Waals surface area (Å²) in [6, 6.07) is 9.72. The van der Waals surface area contributed by atoms with Crippen LogP contribution >= 0.6 is 0 Å². The number of non-ortho nitro benzene ring substituents is 1. The quantitative estimate of drug-likeness (QED) is 0.440. The molecule has 3 saturated heterocycles. The number of amides is 3. The maximum absolute atomic E-state index is 13.7. The van der Waals surface area contributed by atoms with Crippen molar-refractivity contribution < 1.29 is 33.2 Å². The molecule has 0 radical (unpaired) electrons. The van der Waals surface area contributed by atoms with Crippen LogP contribution in [0, 0.1) is 15.9 Å². The van der Waals surface area contributed by atoms with Crippen molar-refractivity contribution in [3.8, 4) is 0 Å². The summed E-state index contributed by atoms with van der Waals surface area (Å²) in [5, 5.41) is 14.0. The molecule has 2 aromatic rings. The van der Waals surface area contributed by atoms with Gasteiger partial charge in [0.25, 0.3) is 17.5 Å². The van der Waals surface area contributed by atoms with Gasteiger partial charge in [0, 0.05) is 62.3 Å². The zero-order valence-corrected chi connectivity index (χ0v) is 21.2. The first-order chi connectivity index (χ1) is 18.8. The van der Waals surface area contributed by atoms with E-state index in [-0.39, 0.29) is 67.3 Å². The number of piperidine rings is 1. The van der Waals surface area contributed by atoms with Crippen molar-refractivity contribution in [1.29, 1.82) is 0 Å². The molecular formula is C27H29FN4O7. The summed E-state index contributed by atoms with van der Waals surface area (Å²) in [5.74, 6) is -1.69. The first kappa shape index (κ1) is 26.7. The Balaban J connectivity index is 1.34. The number of nitro benzene ring substituents is 1. The van der Waals surface area contributed by atoms with Crippen molar-refractivity contribution in [3.05, 3.63) is 75.6 Å². The molecule has 206 valence electrons. The van der Waals surface area contributed by atoms with E-state index in [2.05, 4.69) is 5.32 Å². The van der Waals surface area contributed by atoms with E-state index in [9.17, 15) is 28.9 Å². The molecule has 3 aliphatic rings. The average Bonchev–Trinajstić information content (AvgIpc) is 3.60. The lowest BCUT2D eigenvalue weighted by Gasteiger charge is -2.44. The van der Waals surface area contributed by atoms with Gasteiger partial charge in [-0.05, 0) is 43.2 Å². The van der Waals surface area contributed by atoms with Gasteiger partial charge in [-0.25, -0.2) is 4.39 Å². The smallest absolute Gasteiger partial charge is 0.270 e. The van der Waals surface area contributed by atoms with Gasteiger partial charge in [0.05, 0.1) is 17.6 Å². The summed E-state index contributed by atoms with van der Waals surface area (Å²) in [7, 11) is 0. The second-order valence-electron chi connectivity index (χ2n) is 9.93. The third-order valence-electron chi connectivity index (χ3n) is 7.54. The molecule has 0 unspecified atom stereocenters. The van der Waals surface area contributed by atoms with Crippen LogP contribution in [0.5, 0.6) is 0 Å². The number of carbonyl (C=O) groups excluding carboxylic acids is 3. The number of halogens is 1. The largest absolute Gasteiger partial charge is 0.376 e. The number of nitro groups is 1. The van der Waals surface area contributed by atoms with E-state index in [1.54, 1.807) is 4.90 Å². The first-order valence-corrected chi connectivity index (χ1v) is 12.9. The van der Waals surface area contributed by atoms with E-state index in [4.69, 9.17) is 9.47 Å². The Bertz CT molecular complexity index is 1260. The number of likely N-dealkylation sites (tertiary alicyclic amines) is 1. The van der Waals surface area contributed by atoms with E-state index >= 15 is 0 Å². The lowest BCUT2D eigenvalue weighted by molar-refractivity contribution is -0.384. The SMILES string of the molecule is O=C(NC[C@@H]1CCCO1)[C@H]1COC2(CCN(C(=O)c3cccc([N+](=O)[O-])c3)CC2)N1C(=O)c1ccc(F)cc1. The van der Waals surface area contributed by atoms with Crippen molar-refractivity contribution in [2.24, 2.45) is 0 Å². The minimum Gasteiger partial charge on any atom is -0.376 e. The molecule has 3 amide bonds. The van der Waals surface area contributed by atoms with E-state index in [0.29, 0.717) is 13.2 Å². The molecule has 0 aliphatic carbocycles. The summed E-state index contributed by atoms with van der Waals surface area (Å²) >= 11 is 0. The Morgan fingerprint density at radius 3 is 2.49 bits per heavy atom. The van der Waals surface area contributed by atoms with Crippen molar-refractivity contribution in [3.63, 3.8) is 0 Å². The second-order valence-corrected chi connectivity index (χ2v) is 9.93. The third-order valence-corrected chi connectivity index (χ3v) is 7.54. The van der Waals surface area contributed by atoms with E-state index < -0.39 is 28.4 Å². The standard InChI is InChI=1S/C27H29FN4O7/c28-20-8-6-18(7-9-20)26(35)31-23(24(33)29-16-22-5-2-14-38-22)17-39-27(31)10-12-30(13-11-27)25(34)19-3-1-4-21(15-19)32(36)37/h1,3-4,6-9,15,22-23H,2,5,10-14,16-17H2,(H,29,33)/t22-,23+/m0/s1. The summed E-state index contributed by atoms with van der Waals surface area (Å²) in [5.41, 5.74) is -0.913. The van der Waals surface area contributed by atoms with Crippen LogP contribution in [-0.2, 0) is 14.3 Å². The van der Waals surface area contributed by atoms with Crippen molar-refractivity contribution >= 4 is 23.4 Å². The van der Waals surface area contributed by atoms with Gasteiger partial charge >= 0.3 is 0 Å². The van der Waals surface area contributed by atoms with Crippen LogP contribution in [0.15, 0.2) is 48.5 Å². The molecule has 1 spiro atoms. The number of carbonyl (C=O) groups is 3. The third kappa shape index (κ3) is 5.48. The van der Waals surface area contributed by atoms with Gasteiger partial charge in [0.1, 0.15) is 17.6 Å². The molecule has 5 rings (SSSR count). The van der Waals surface area contributed by atoms with Crippen molar-refractivity contribution in [2.75, 3.05) is 32.8 Å². The fraction of sp³-hybridized carbons (Fsp3) is 0.444. The summed E-state index contributed by atoms with van der Waals surface area (Å²) in [4.78, 5) is 53.6. The van der Waals surface area contributed by atoms with Crippen LogP contribution in [0.3, 0.4) is 0 Å². The molecule has 0 aromatic heterocycles. The molecular weight excluding hydrogens is 511 g/mol. The fourth-order valence-corrected chi connectivity index (χ4v) is 5.43. The second kappa shape index (κ2) is 11.1. The van der Waals surface area contributed by atoms with Crippen molar-refractivity contribution in [1.82, 2.24) is 15.1 Å². The molecule has 2 aromatic carbocycles. The normalized spacial score (nSPS) is 22.2. The molecule has 2 atom stereocenters. The molecule has 3 heterocycles. The number of hydrogen-bond acceptors (Lipinski definition) is 7. The van der Waals surface area contributed by atoms with Crippen LogP contribution < -0.4 is 5.32 Å². The highest BCUT2D eigenvalue weighted by atomic mass is 19.1. The highest BCUT2D eigenvalue weighted by Gasteiger charge is 2.54. The highest BCUT2D eigenvalue weighted by Crippen LogP contribution is 2.39.